The fourth-order valence-electron chi connectivity index (χ4n) is 1.47. The fraction of sp³-hybridized carbons (Fsp3) is 0.400. The molecular formula is C10H12ClN3. The maximum absolute atomic E-state index is 5.92. The molecule has 0 unspecified atom stereocenters. The molecule has 2 rings (SSSR count). The van der Waals surface area contributed by atoms with E-state index in [1.807, 2.05) is 12.4 Å². The fourth-order valence-corrected chi connectivity index (χ4v) is 1.67. The van der Waals surface area contributed by atoms with Crippen molar-refractivity contribution in [1.82, 2.24) is 14.5 Å². The molecule has 0 atom stereocenters. The van der Waals surface area contributed by atoms with E-state index in [-0.39, 0.29) is 0 Å². The average molecular weight is 210 g/mol. The van der Waals surface area contributed by atoms with E-state index >= 15 is 0 Å². The Hall–Kier alpha value is -1.09. The van der Waals surface area contributed by atoms with Crippen molar-refractivity contribution in [3.8, 4) is 0 Å². The van der Waals surface area contributed by atoms with Gasteiger partial charge in [0.2, 0.25) is 0 Å². The highest BCUT2D eigenvalue weighted by atomic mass is 35.5. The standard InChI is InChI=1S/C10H12ClN3/c1-2-3-6-14-7-13-9-8(14)4-5-12-10(9)11/h4-5,7H,2-3,6H2,1H3. The molecule has 0 N–H and O–H groups in total. The molecule has 0 radical (unpaired) electrons. The minimum Gasteiger partial charge on any atom is -0.330 e. The Morgan fingerprint density at radius 1 is 1.43 bits per heavy atom. The summed E-state index contributed by atoms with van der Waals surface area (Å²) in [4.78, 5) is 8.23. The Morgan fingerprint density at radius 2 is 2.29 bits per heavy atom. The molecule has 0 saturated heterocycles. The highest BCUT2D eigenvalue weighted by molar-refractivity contribution is 6.33. The lowest BCUT2D eigenvalue weighted by atomic mass is 10.3. The molecule has 0 amide bonds. The summed E-state index contributed by atoms with van der Waals surface area (Å²) in [5.41, 5.74) is 1.86. The minimum atomic E-state index is 0.484. The third-order valence-corrected chi connectivity index (χ3v) is 2.52. The summed E-state index contributed by atoms with van der Waals surface area (Å²) in [6.45, 7) is 3.17. The largest absolute Gasteiger partial charge is 0.330 e. The SMILES string of the molecule is CCCCn1cnc2c(Cl)nccc21. The third-order valence-electron chi connectivity index (χ3n) is 2.25. The van der Waals surface area contributed by atoms with Gasteiger partial charge >= 0.3 is 0 Å². The first-order chi connectivity index (χ1) is 6.83. The van der Waals surface area contributed by atoms with E-state index in [1.54, 1.807) is 6.20 Å². The first-order valence-corrected chi connectivity index (χ1v) is 5.16. The molecule has 0 aliphatic carbocycles. The molecular weight excluding hydrogens is 198 g/mol. The number of unbranched alkanes of at least 4 members (excludes halogenated alkanes) is 1. The molecule has 3 nitrogen and oxygen atoms in total. The zero-order valence-electron chi connectivity index (χ0n) is 8.07. The monoisotopic (exact) mass is 209 g/mol. The number of nitrogens with zero attached hydrogens (tertiary/aromatic N) is 3. The molecule has 74 valence electrons. The van der Waals surface area contributed by atoms with Crippen molar-refractivity contribution in [2.45, 2.75) is 26.3 Å². The van der Waals surface area contributed by atoms with E-state index in [4.69, 9.17) is 11.6 Å². The van der Waals surface area contributed by atoms with Crippen molar-refractivity contribution in [2.75, 3.05) is 0 Å². The Labute approximate surface area is 87.7 Å². The van der Waals surface area contributed by atoms with Crippen LogP contribution < -0.4 is 0 Å². The van der Waals surface area contributed by atoms with E-state index in [0.29, 0.717) is 5.15 Å². The van der Waals surface area contributed by atoms with Crippen LogP contribution in [-0.4, -0.2) is 14.5 Å². The lowest BCUT2D eigenvalue weighted by Gasteiger charge is -2.01. The summed E-state index contributed by atoms with van der Waals surface area (Å²) in [5, 5.41) is 0.484. The number of aryl methyl sites for hydroxylation is 1. The van der Waals surface area contributed by atoms with Crippen molar-refractivity contribution < 1.29 is 0 Å². The van der Waals surface area contributed by atoms with Crippen LogP contribution in [0.15, 0.2) is 18.6 Å². The Balaban J connectivity index is 2.42. The van der Waals surface area contributed by atoms with Gasteiger partial charge in [0.15, 0.2) is 5.15 Å². The normalized spacial score (nSPS) is 11.0. The molecule has 0 fully saturated rings. The molecule has 2 heterocycles. The van der Waals surface area contributed by atoms with Crippen LogP contribution in [0, 0.1) is 0 Å². The van der Waals surface area contributed by atoms with Crippen molar-refractivity contribution >= 4 is 22.6 Å². The molecule has 2 aromatic rings. The highest BCUT2D eigenvalue weighted by Gasteiger charge is 2.05. The lowest BCUT2D eigenvalue weighted by molar-refractivity contribution is 0.645. The zero-order chi connectivity index (χ0) is 9.97. The second-order valence-corrected chi connectivity index (χ2v) is 3.62. The minimum absolute atomic E-state index is 0.484. The van der Waals surface area contributed by atoms with Crippen LogP contribution in [0.4, 0.5) is 0 Å². The maximum atomic E-state index is 5.92. The number of hydrogen-bond donors (Lipinski definition) is 0. The van der Waals surface area contributed by atoms with E-state index in [1.165, 1.54) is 6.42 Å². The Bertz CT molecular complexity index is 436. The number of fused-ring (bicyclic) bond motifs is 1. The molecule has 0 aromatic carbocycles. The van der Waals surface area contributed by atoms with Crippen LogP contribution >= 0.6 is 11.6 Å². The quantitative estimate of drug-likeness (QED) is 0.728. The van der Waals surface area contributed by atoms with Crippen molar-refractivity contribution in [3.05, 3.63) is 23.7 Å². The molecule has 0 saturated carbocycles. The van der Waals surface area contributed by atoms with Crippen LogP contribution in [0.5, 0.6) is 0 Å². The summed E-state index contributed by atoms with van der Waals surface area (Å²) in [5.74, 6) is 0. The summed E-state index contributed by atoms with van der Waals surface area (Å²) in [6, 6.07) is 1.95. The summed E-state index contributed by atoms with van der Waals surface area (Å²) < 4.78 is 2.12. The van der Waals surface area contributed by atoms with E-state index in [0.717, 1.165) is 24.0 Å². The van der Waals surface area contributed by atoms with Crippen LogP contribution in [-0.2, 0) is 6.54 Å². The van der Waals surface area contributed by atoms with Crippen LogP contribution in [0.25, 0.3) is 11.0 Å². The second kappa shape index (κ2) is 3.96. The zero-order valence-corrected chi connectivity index (χ0v) is 8.83. The van der Waals surface area contributed by atoms with Gasteiger partial charge in [0.1, 0.15) is 5.52 Å². The van der Waals surface area contributed by atoms with Crippen LogP contribution in [0.2, 0.25) is 5.15 Å². The van der Waals surface area contributed by atoms with E-state index in [9.17, 15) is 0 Å². The number of aromatic nitrogens is 3. The summed E-state index contributed by atoms with van der Waals surface area (Å²) in [6.07, 6.45) is 5.88. The predicted molar refractivity (Wildman–Crippen MR) is 57.4 cm³/mol. The van der Waals surface area contributed by atoms with Gasteiger partial charge in [-0.05, 0) is 12.5 Å². The molecule has 0 bridgehead atoms. The summed E-state index contributed by atoms with van der Waals surface area (Å²) >= 11 is 5.92. The number of imidazole rings is 1. The lowest BCUT2D eigenvalue weighted by Crippen LogP contribution is -1.95. The maximum Gasteiger partial charge on any atom is 0.156 e. The van der Waals surface area contributed by atoms with Crippen LogP contribution in [0.3, 0.4) is 0 Å². The second-order valence-electron chi connectivity index (χ2n) is 3.26. The van der Waals surface area contributed by atoms with Gasteiger partial charge < -0.3 is 4.57 Å². The van der Waals surface area contributed by atoms with Gasteiger partial charge in [0.05, 0.1) is 11.8 Å². The van der Waals surface area contributed by atoms with Gasteiger partial charge in [-0.1, -0.05) is 24.9 Å². The highest BCUT2D eigenvalue weighted by Crippen LogP contribution is 2.19. The Kier molecular flexibility index (Phi) is 2.68. The number of halogens is 1. The van der Waals surface area contributed by atoms with Crippen molar-refractivity contribution in [3.63, 3.8) is 0 Å². The molecule has 4 heteroatoms. The van der Waals surface area contributed by atoms with E-state index < -0.39 is 0 Å². The molecule has 0 aliphatic rings. The number of pyridine rings is 1. The Morgan fingerprint density at radius 3 is 3.07 bits per heavy atom. The van der Waals surface area contributed by atoms with Gasteiger partial charge in [0.25, 0.3) is 0 Å². The molecule has 2 aromatic heterocycles. The van der Waals surface area contributed by atoms with Gasteiger partial charge in [-0.2, -0.15) is 0 Å². The first-order valence-electron chi connectivity index (χ1n) is 4.78. The molecule has 0 aliphatic heterocycles. The van der Waals surface area contributed by atoms with Crippen molar-refractivity contribution in [2.24, 2.45) is 0 Å². The van der Waals surface area contributed by atoms with E-state index in [2.05, 4.69) is 21.5 Å². The third kappa shape index (κ3) is 1.60. The first kappa shape index (κ1) is 9.46. The van der Waals surface area contributed by atoms with Gasteiger partial charge in [-0.25, -0.2) is 9.97 Å². The van der Waals surface area contributed by atoms with Gasteiger partial charge in [-0.15, -0.1) is 0 Å². The topological polar surface area (TPSA) is 30.7 Å². The van der Waals surface area contributed by atoms with Crippen LogP contribution in [0.1, 0.15) is 19.8 Å². The van der Waals surface area contributed by atoms with Gasteiger partial charge in [0, 0.05) is 12.7 Å². The predicted octanol–water partition coefficient (Wildman–Crippen LogP) is 2.88. The molecule has 0 spiro atoms. The van der Waals surface area contributed by atoms with Crippen molar-refractivity contribution in [1.29, 1.82) is 0 Å². The number of rotatable bonds is 3. The van der Waals surface area contributed by atoms with Gasteiger partial charge in [-0.3, -0.25) is 0 Å². The average Bonchev–Trinajstić information content (AvgIpc) is 2.60. The summed E-state index contributed by atoms with van der Waals surface area (Å²) in [7, 11) is 0. The smallest absolute Gasteiger partial charge is 0.156 e. The number of hydrogen-bond acceptors (Lipinski definition) is 2. The molecule has 14 heavy (non-hydrogen) atoms.